The van der Waals surface area contributed by atoms with E-state index in [0.717, 1.165) is 32.6 Å². The van der Waals surface area contributed by atoms with E-state index in [1.165, 1.54) is 0 Å². The van der Waals surface area contributed by atoms with Crippen LogP contribution in [0.25, 0.3) is 22.4 Å². The number of fused-ring (bicyclic) bond motifs is 1. The van der Waals surface area contributed by atoms with Gasteiger partial charge in [0.2, 0.25) is 0 Å². The second-order valence-corrected chi connectivity index (χ2v) is 5.39. The summed E-state index contributed by atoms with van der Waals surface area (Å²) in [4.78, 5) is 7.85. The number of imidazole rings is 1. The fourth-order valence-corrected chi connectivity index (χ4v) is 2.85. The zero-order valence-electron chi connectivity index (χ0n) is 10.1. The van der Waals surface area contributed by atoms with Crippen LogP contribution in [0, 0.1) is 0 Å². The molecule has 3 aromatic rings. The van der Waals surface area contributed by atoms with Crippen LogP contribution in [0.2, 0.25) is 5.02 Å². The average molecular weight is 338 g/mol. The maximum absolute atomic E-state index is 6.03. The number of methoxy groups -OCH3 is 1. The first kappa shape index (κ1) is 12.5. The third kappa shape index (κ3) is 2.33. The normalized spacial score (nSPS) is 10.9. The first-order valence-electron chi connectivity index (χ1n) is 5.66. The van der Waals surface area contributed by atoms with Gasteiger partial charge in [0.15, 0.2) is 0 Å². The number of H-pyrrole nitrogens is 1. The minimum Gasteiger partial charge on any atom is -0.497 e. The molecule has 0 aliphatic heterocycles. The molecule has 0 fully saturated rings. The lowest BCUT2D eigenvalue weighted by molar-refractivity contribution is 0.415. The first-order chi connectivity index (χ1) is 9.17. The van der Waals surface area contributed by atoms with Crippen molar-refractivity contribution in [2.75, 3.05) is 7.11 Å². The van der Waals surface area contributed by atoms with E-state index in [9.17, 15) is 0 Å². The van der Waals surface area contributed by atoms with Crippen molar-refractivity contribution in [3.05, 3.63) is 45.9 Å². The van der Waals surface area contributed by atoms with Crippen molar-refractivity contribution in [2.45, 2.75) is 0 Å². The third-order valence-electron chi connectivity index (χ3n) is 2.85. The molecule has 0 amide bonds. The third-order valence-corrected chi connectivity index (χ3v) is 3.67. The SMILES string of the molecule is COc1cccc(-c2nc3c(Br)cc(Cl)cc3[nH]2)c1. The van der Waals surface area contributed by atoms with E-state index in [1.807, 2.05) is 36.4 Å². The number of benzene rings is 2. The highest BCUT2D eigenvalue weighted by atomic mass is 79.9. The largest absolute Gasteiger partial charge is 0.497 e. The quantitative estimate of drug-likeness (QED) is 0.739. The molecule has 0 spiro atoms. The van der Waals surface area contributed by atoms with Crippen LogP contribution in [0.15, 0.2) is 40.9 Å². The summed E-state index contributed by atoms with van der Waals surface area (Å²) in [5.41, 5.74) is 2.73. The summed E-state index contributed by atoms with van der Waals surface area (Å²) in [5.74, 6) is 1.59. The van der Waals surface area contributed by atoms with Gasteiger partial charge in [-0.1, -0.05) is 23.7 Å². The molecule has 0 saturated carbocycles. The molecule has 96 valence electrons. The summed E-state index contributed by atoms with van der Waals surface area (Å²) >= 11 is 9.50. The molecule has 0 saturated heterocycles. The van der Waals surface area contributed by atoms with Crippen molar-refractivity contribution in [1.82, 2.24) is 9.97 Å². The average Bonchev–Trinajstić information content (AvgIpc) is 2.83. The number of ether oxygens (including phenoxy) is 1. The van der Waals surface area contributed by atoms with Gasteiger partial charge in [-0.3, -0.25) is 0 Å². The second-order valence-electron chi connectivity index (χ2n) is 4.10. The maximum Gasteiger partial charge on any atom is 0.138 e. The van der Waals surface area contributed by atoms with Gasteiger partial charge in [0, 0.05) is 15.1 Å². The molecule has 3 rings (SSSR count). The summed E-state index contributed by atoms with van der Waals surface area (Å²) in [6, 6.07) is 11.4. The number of aromatic amines is 1. The van der Waals surface area contributed by atoms with E-state index in [4.69, 9.17) is 16.3 Å². The number of aromatic nitrogens is 2. The highest BCUT2D eigenvalue weighted by Gasteiger charge is 2.09. The number of hydrogen-bond donors (Lipinski definition) is 1. The summed E-state index contributed by atoms with van der Waals surface area (Å²) in [5, 5.41) is 0.667. The Labute approximate surface area is 123 Å². The van der Waals surface area contributed by atoms with Crippen LogP contribution >= 0.6 is 27.5 Å². The summed E-state index contributed by atoms with van der Waals surface area (Å²) in [6.07, 6.45) is 0. The standard InChI is InChI=1S/C14H10BrClN2O/c1-19-10-4-2-3-8(5-10)14-17-12-7-9(16)6-11(15)13(12)18-14/h2-7H,1H3,(H,17,18). The van der Waals surface area contributed by atoms with E-state index < -0.39 is 0 Å². The van der Waals surface area contributed by atoms with E-state index in [2.05, 4.69) is 25.9 Å². The van der Waals surface area contributed by atoms with Crippen LogP contribution in [0.3, 0.4) is 0 Å². The van der Waals surface area contributed by atoms with Crippen LogP contribution < -0.4 is 4.74 Å². The van der Waals surface area contributed by atoms with Crippen LogP contribution in [-0.2, 0) is 0 Å². The Morgan fingerprint density at radius 3 is 2.89 bits per heavy atom. The molecule has 2 aromatic carbocycles. The number of nitrogens with zero attached hydrogens (tertiary/aromatic N) is 1. The molecule has 3 nitrogen and oxygen atoms in total. The molecule has 0 aliphatic rings. The molecule has 1 aromatic heterocycles. The van der Waals surface area contributed by atoms with Gasteiger partial charge < -0.3 is 9.72 Å². The zero-order valence-corrected chi connectivity index (χ0v) is 12.4. The van der Waals surface area contributed by atoms with Crippen molar-refractivity contribution in [1.29, 1.82) is 0 Å². The van der Waals surface area contributed by atoms with Crippen molar-refractivity contribution in [3.8, 4) is 17.1 Å². The zero-order chi connectivity index (χ0) is 13.4. The highest BCUT2D eigenvalue weighted by Crippen LogP contribution is 2.30. The lowest BCUT2D eigenvalue weighted by Crippen LogP contribution is -1.84. The smallest absolute Gasteiger partial charge is 0.138 e. The minimum atomic E-state index is 0.667. The van der Waals surface area contributed by atoms with Crippen LogP contribution in [-0.4, -0.2) is 17.1 Å². The number of nitrogens with one attached hydrogen (secondary N) is 1. The molecule has 0 unspecified atom stereocenters. The Hall–Kier alpha value is -1.52. The fourth-order valence-electron chi connectivity index (χ4n) is 1.95. The molecule has 1 heterocycles. The lowest BCUT2D eigenvalue weighted by Gasteiger charge is -2.01. The van der Waals surface area contributed by atoms with E-state index in [-0.39, 0.29) is 0 Å². The highest BCUT2D eigenvalue weighted by molar-refractivity contribution is 9.10. The van der Waals surface area contributed by atoms with Crippen LogP contribution in [0.1, 0.15) is 0 Å². The van der Waals surface area contributed by atoms with Gasteiger partial charge in [-0.15, -0.1) is 0 Å². The molecule has 0 radical (unpaired) electrons. The molecule has 0 bridgehead atoms. The molecule has 0 atom stereocenters. The van der Waals surface area contributed by atoms with Gasteiger partial charge >= 0.3 is 0 Å². The Morgan fingerprint density at radius 1 is 1.26 bits per heavy atom. The summed E-state index contributed by atoms with van der Waals surface area (Å²) in [6.45, 7) is 0. The Balaban J connectivity index is 2.17. The Bertz CT molecular complexity index is 754. The van der Waals surface area contributed by atoms with Gasteiger partial charge in [0.05, 0.1) is 12.6 Å². The van der Waals surface area contributed by atoms with E-state index >= 15 is 0 Å². The number of hydrogen-bond acceptors (Lipinski definition) is 2. The van der Waals surface area contributed by atoms with Crippen molar-refractivity contribution in [3.63, 3.8) is 0 Å². The topological polar surface area (TPSA) is 37.9 Å². The van der Waals surface area contributed by atoms with Crippen LogP contribution in [0.5, 0.6) is 5.75 Å². The van der Waals surface area contributed by atoms with Gasteiger partial charge in [-0.25, -0.2) is 4.98 Å². The lowest BCUT2D eigenvalue weighted by atomic mass is 10.2. The van der Waals surface area contributed by atoms with Crippen molar-refractivity contribution in [2.24, 2.45) is 0 Å². The molecular weight excluding hydrogens is 328 g/mol. The Morgan fingerprint density at radius 2 is 2.11 bits per heavy atom. The fraction of sp³-hybridized carbons (Fsp3) is 0.0714. The number of halogens is 2. The number of rotatable bonds is 2. The maximum atomic E-state index is 6.03. The van der Waals surface area contributed by atoms with Gasteiger partial charge in [-0.05, 0) is 40.2 Å². The molecule has 19 heavy (non-hydrogen) atoms. The monoisotopic (exact) mass is 336 g/mol. The molecule has 1 N–H and O–H groups in total. The first-order valence-corrected chi connectivity index (χ1v) is 6.83. The van der Waals surface area contributed by atoms with Gasteiger partial charge in [0.25, 0.3) is 0 Å². The predicted octanol–water partition coefficient (Wildman–Crippen LogP) is 4.65. The summed E-state index contributed by atoms with van der Waals surface area (Å²) in [7, 11) is 1.65. The van der Waals surface area contributed by atoms with Gasteiger partial charge in [-0.2, -0.15) is 0 Å². The minimum absolute atomic E-state index is 0.667. The molecular formula is C14H10BrClN2O. The Kier molecular flexibility index (Phi) is 3.21. The van der Waals surface area contributed by atoms with E-state index in [1.54, 1.807) is 7.11 Å². The van der Waals surface area contributed by atoms with Gasteiger partial charge in [0.1, 0.15) is 17.1 Å². The van der Waals surface area contributed by atoms with Crippen LogP contribution in [0.4, 0.5) is 0 Å². The predicted molar refractivity (Wildman–Crippen MR) is 80.8 cm³/mol. The van der Waals surface area contributed by atoms with Crippen molar-refractivity contribution < 1.29 is 4.74 Å². The molecule has 5 heteroatoms. The summed E-state index contributed by atoms with van der Waals surface area (Å²) < 4.78 is 6.10. The van der Waals surface area contributed by atoms with Crippen molar-refractivity contribution >= 4 is 38.6 Å². The van der Waals surface area contributed by atoms with E-state index in [0.29, 0.717) is 5.02 Å². The molecule has 0 aliphatic carbocycles. The second kappa shape index (κ2) is 4.87.